The van der Waals surface area contributed by atoms with Crippen LogP contribution in [-0.2, 0) is 26.2 Å². The van der Waals surface area contributed by atoms with E-state index >= 15 is 0 Å². The number of carbonyl (C=O) groups excluding carboxylic acids is 2. The number of nitrogens with one attached hydrogen (secondary N) is 1. The molecule has 11 nitrogen and oxygen atoms in total. The number of nitro groups is 1. The van der Waals surface area contributed by atoms with Crippen LogP contribution in [0, 0.1) is 17.0 Å². The lowest BCUT2D eigenvalue weighted by Crippen LogP contribution is -2.52. The van der Waals surface area contributed by atoms with E-state index in [2.05, 4.69) is 5.32 Å². The summed E-state index contributed by atoms with van der Waals surface area (Å²) < 4.78 is 31.6. The third-order valence-corrected chi connectivity index (χ3v) is 7.13. The van der Waals surface area contributed by atoms with Crippen LogP contribution in [-0.4, -0.2) is 62.0 Å². The molecule has 0 fully saturated rings. The minimum Gasteiger partial charge on any atom is -0.497 e. The fourth-order valence-corrected chi connectivity index (χ4v) is 4.49. The van der Waals surface area contributed by atoms with Crippen molar-refractivity contribution >= 4 is 33.2 Å². The van der Waals surface area contributed by atoms with E-state index in [1.54, 1.807) is 38.1 Å². The van der Waals surface area contributed by atoms with Crippen LogP contribution in [0.2, 0.25) is 0 Å². The summed E-state index contributed by atoms with van der Waals surface area (Å²) in [5.74, 6) is -0.472. The number of ether oxygens (including phenoxy) is 1. The second-order valence-electron chi connectivity index (χ2n) is 8.86. The molecular weight excluding hydrogens is 500 g/mol. The number of nitro benzene ring substituents is 1. The average Bonchev–Trinajstić information content (AvgIpc) is 2.84. The van der Waals surface area contributed by atoms with Crippen molar-refractivity contribution in [2.24, 2.45) is 0 Å². The standard InChI is InChI=1S/C25H34N4O7S/c1-7-18(3)26-25(31)19(4)27(15-20-9-8-10-22(13-20)36-5)24(30)16-28(37(6,34)35)23-14-21(29(32)33)12-11-17(23)2/h8-14,18-19H,7,15-16H2,1-6H3,(H,26,31)/t18-,19-/m0/s1. The van der Waals surface area contributed by atoms with Crippen molar-refractivity contribution in [1.82, 2.24) is 10.2 Å². The number of amides is 2. The van der Waals surface area contributed by atoms with E-state index in [0.717, 1.165) is 16.6 Å². The molecule has 2 aromatic carbocycles. The largest absolute Gasteiger partial charge is 0.497 e. The molecule has 2 rings (SSSR count). The van der Waals surface area contributed by atoms with E-state index in [1.807, 2.05) is 13.8 Å². The Morgan fingerprint density at radius 3 is 2.41 bits per heavy atom. The number of hydrogen-bond acceptors (Lipinski definition) is 7. The van der Waals surface area contributed by atoms with Gasteiger partial charge in [0.1, 0.15) is 18.3 Å². The van der Waals surface area contributed by atoms with Gasteiger partial charge in [-0.05, 0) is 50.5 Å². The van der Waals surface area contributed by atoms with E-state index in [1.165, 1.54) is 24.1 Å². The maximum Gasteiger partial charge on any atom is 0.271 e. The maximum atomic E-state index is 13.6. The molecule has 0 spiro atoms. The monoisotopic (exact) mass is 534 g/mol. The van der Waals surface area contributed by atoms with Gasteiger partial charge in [-0.25, -0.2) is 8.42 Å². The van der Waals surface area contributed by atoms with Gasteiger partial charge >= 0.3 is 0 Å². The Bertz CT molecular complexity index is 1250. The summed E-state index contributed by atoms with van der Waals surface area (Å²) in [5, 5.41) is 14.2. The number of nitrogens with zero attached hydrogens (tertiary/aromatic N) is 3. The summed E-state index contributed by atoms with van der Waals surface area (Å²) in [6, 6.07) is 9.73. The van der Waals surface area contributed by atoms with E-state index in [-0.39, 0.29) is 29.9 Å². The topological polar surface area (TPSA) is 139 Å². The first-order chi connectivity index (χ1) is 17.3. The van der Waals surface area contributed by atoms with Gasteiger partial charge in [-0.15, -0.1) is 0 Å². The second kappa shape index (κ2) is 12.5. The van der Waals surface area contributed by atoms with Gasteiger partial charge in [-0.2, -0.15) is 0 Å². The van der Waals surface area contributed by atoms with E-state index in [0.29, 0.717) is 23.3 Å². The molecule has 202 valence electrons. The lowest BCUT2D eigenvalue weighted by molar-refractivity contribution is -0.384. The van der Waals surface area contributed by atoms with Crippen LogP contribution in [0.4, 0.5) is 11.4 Å². The molecule has 37 heavy (non-hydrogen) atoms. The number of anilines is 1. The number of non-ortho nitro benzene ring substituents is 1. The summed E-state index contributed by atoms with van der Waals surface area (Å²) in [5.41, 5.74) is 0.818. The first-order valence-corrected chi connectivity index (χ1v) is 13.6. The normalized spacial score (nSPS) is 12.8. The smallest absolute Gasteiger partial charge is 0.271 e. The van der Waals surface area contributed by atoms with Gasteiger partial charge in [0.15, 0.2) is 0 Å². The zero-order chi connectivity index (χ0) is 27.9. The lowest BCUT2D eigenvalue weighted by Gasteiger charge is -2.32. The molecule has 0 saturated carbocycles. The number of carbonyl (C=O) groups is 2. The molecule has 0 heterocycles. The van der Waals surface area contributed by atoms with Crippen molar-refractivity contribution < 1.29 is 27.7 Å². The molecule has 0 radical (unpaired) electrons. The zero-order valence-electron chi connectivity index (χ0n) is 21.9. The highest BCUT2D eigenvalue weighted by atomic mass is 32.2. The van der Waals surface area contributed by atoms with Crippen molar-refractivity contribution in [3.63, 3.8) is 0 Å². The quantitative estimate of drug-likeness (QED) is 0.326. The molecule has 0 bridgehead atoms. The van der Waals surface area contributed by atoms with E-state index in [9.17, 15) is 28.1 Å². The number of rotatable bonds is 12. The van der Waals surface area contributed by atoms with Crippen LogP contribution >= 0.6 is 0 Å². The molecule has 0 saturated heterocycles. The van der Waals surface area contributed by atoms with Crippen molar-refractivity contribution in [3.05, 3.63) is 63.7 Å². The van der Waals surface area contributed by atoms with Crippen molar-refractivity contribution in [2.75, 3.05) is 24.2 Å². The summed E-state index contributed by atoms with van der Waals surface area (Å²) in [7, 11) is -2.51. The number of methoxy groups -OCH3 is 1. The first kappa shape index (κ1) is 29.6. The molecule has 0 unspecified atom stereocenters. The van der Waals surface area contributed by atoms with Crippen LogP contribution in [0.3, 0.4) is 0 Å². The minimum absolute atomic E-state index is 0.0106. The second-order valence-corrected chi connectivity index (χ2v) is 10.8. The van der Waals surface area contributed by atoms with Crippen LogP contribution in [0.5, 0.6) is 5.75 Å². The Kier molecular flexibility index (Phi) is 10.0. The molecule has 12 heteroatoms. The SMILES string of the molecule is CC[C@H](C)NC(=O)[C@H](C)N(Cc1cccc(OC)c1)C(=O)CN(c1cc([N+](=O)[O-])ccc1C)S(C)(=O)=O. The number of sulfonamides is 1. The fourth-order valence-electron chi connectivity index (χ4n) is 3.59. The van der Waals surface area contributed by atoms with Gasteiger partial charge in [0.2, 0.25) is 21.8 Å². The zero-order valence-corrected chi connectivity index (χ0v) is 22.7. The highest BCUT2D eigenvalue weighted by molar-refractivity contribution is 7.92. The Hall–Kier alpha value is -3.67. The summed E-state index contributed by atoms with van der Waals surface area (Å²) >= 11 is 0. The van der Waals surface area contributed by atoms with E-state index in [4.69, 9.17) is 4.74 Å². The summed E-state index contributed by atoms with van der Waals surface area (Å²) in [6.45, 7) is 6.29. The highest BCUT2D eigenvalue weighted by Gasteiger charge is 2.31. The molecule has 1 N–H and O–H groups in total. The van der Waals surface area contributed by atoms with Crippen LogP contribution in [0.25, 0.3) is 0 Å². The third kappa shape index (κ3) is 7.91. The van der Waals surface area contributed by atoms with Crippen LogP contribution in [0.1, 0.15) is 38.3 Å². The molecule has 0 aliphatic carbocycles. The fraction of sp³-hybridized carbons (Fsp3) is 0.440. The molecule has 2 amide bonds. The molecule has 0 aromatic heterocycles. The molecular formula is C25H34N4O7S. The Labute approximate surface area is 217 Å². The Morgan fingerprint density at radius 1 is 1.16 bits per heavy atom. The van der Waals surface area contributed by atoms with Crippen molar-refractivity contribution in [2.45, 2.75) is 52.7 Å². The van der Waals surface area contributed by atoms with Crippen molar-refractivity contribution in [3.8, 4) is 5.75 Å². The molecule has 2 atom stereocenters. The van der Waals surface area contributed by atoms with Gasteiger partial charge in [0, 0.05) is 24.7 Å². The van der Waals surface area contributed by atoms with E-state index < -0.39 is 33.4 Å². The van der Waals surface area contributed by atoms with Gasteiger partial charge in [0.25, 0.3) is 5.69 Å². The van der Waals surface area contributed by atoms with Crippen LogP contribution in [0.15, 0.2) is 42.5 Å². The summed E-state index contributed by atoms with van der Waals surface area (Å²) in [6.07, 6.45) is 1.61. The third-order valence-electron chi connectivity index (χ3n) is 6.01. The molecule has 2 aromatic rings. The Morgan fingerprint density at radius 2 is 1.84 bits per heavy atom. The summed E-state index contributed by atoms with van der Waals surface area (Å²) in [4.78, 5) is 38.6. The predicted molar refractivity (Wildman–Crippen MR) is 141 cm³/mol. The molecule has 0 aliphatic rings. The predicted octanol–water partition coefficient (Wildman–Crippen LogP) is 3.01. The van der Waals surface area contributed by atoms with Crippen LogP contribution < -0.4 is 14.4 Å². The Balaban J connectivity index is 2.49. The lowest BCUT2D eigenvalue weighted by atomic mass is 10.1. The number of hydrogen-bond donors (Lipinski definition) is 1. The number of benzene rings is 2. The highest BCUT2D eigenvalue weighted by Crippen LogP contribution is 2.28. The van der Waals surface area contributed by atoms with Gasteiger partial charge in [-0.1, -0.05) is 25.1 Å². The van der Waals surface area contributed by atoms with Gasteiger partial charge in [0.05, 0.1) is 24.0 Å². The van der Waals surface area contributed by atoms with Gasteiger partial charge in [-0.3, -0.25) is 24.0 Å². The average molecular weight is 535 g/mol. The van der Waals surface area contributed by atoms with Gasteiger partial charge < -0.3 is 15.0 Å². The maximum absolute atomic E-state index is 13.6. The minimum atomic E-state index is -4.02. The molecule has 0 aliphatic heterocycles. The first-order valence-electron chi connectivity index (χ1n) is 11.7. The number of aryl methyl sites for hydroxylation is 1. The van der Waals surface area contributed by atoms with Crippen molar-refractivity contribution in [1.29, 1.82) is 0 Å².